The molecule has 4 saturated carbocycles. The quantitative estimate of drug-likeness (QED) is 0.935. The first-order chi connectivity index (χ1) is 11.2. The van der Waals surface area contributed by atoms with Crippen molar-refractivity contribution in [3.8, 4) is 0 Å². The predicted molar refractivity (Wildman–Crippen MR) is 89.0 cm³/mol. The maximum atomic E-state index is 12.6. The Morgan fingerprint density at radius 2 is 1.87 bits per heavy atom. The van der Waals surface area contributed by atoms with E-state index in [9.17, 15) is 4.79 Å². The molecule has 4 aliphatic rings. The highest BCUT2D eigenvalue weighted by Gasteiger charge is 2.51. The third-order valence-corrected chi connectivity index (χ3v) is 6.38. The summed E-state index contributed by atoms with van der Waals surface area (Å²) < 4.78 is 1.81. The van der Waals surface area contributed by atoms with E-state index in [1.54, 1.807) is 6.20 Å². The number of amides is 1. The lowest BCUT2D eigenvalue weighted by molar-refractivity contribution is -0.124. The summed E-state index contributed by atoms with van der Waals surface area (Å²) in [6, 6.07) is 5.87. The van der Waals surface area contributed by atoms with Crippen LogP contribution in [0.25, 0.3) is 5.52 Å². The molecule has 4 bridgehead atoms. The second kappa shape index (κ2) is 4.83. The fraction of sp³-hybridized carbons (Fsp3) is 0.579. The summed E-state index contributed by atoms with van der Waals surface area (Å²) >= 11 is 0. The summed E-state index contributed by atoms with van der Waals surface area (Å²) in [5, 5.41) is 7.31. The highest BCUT2D eigenvalue weighted by Crippen LogP contribution is 2.61. The molecule has 6 rings (SSSR count). The summed E-state index contributed by atoms with van der Waals surface area (Å²) in [6.45, 7) is 0. The van der Waals surface area contributed by atoms with Gasteiger partial charge >= 0.3 is 0 Å². The molecule has 2 aromatic rings. The van der Waals surface area contributed by atoms with Gasteiger partial charge in [-0.25, -0.2) is 4.52 Å². The largest absolute Gasteiger partial charge is 0.326 e. The molecule has 0 spiro atoms. The number of hydrogen-bond acceptors (Lipinski definition) is 2. The van der Waals surface area contributed by atoms with E-state index in [0.717, 1.165) is 29.0 Å². The maximum absolute atomic E-state index is 12.6. The van der Waals surface area contributed by atoms with Crippen LogP contribution in [0.1, 0.15) is 44.9 Å². The Kier molecular flexibility index (Phi) is 2.85. The molecule has 0 aliphatic heterocycles. The number of rotatable bonds is 3. The van der Waals surface area contributed by atoms with Gasteiger partial charge in [0.15, 0.2) is 0 Å². The number of nitrogens with one attached hydrogen (secondary N) is 1. The van der Waals surface area contributed by atoms with Crippen LogP contribution in [-0.4, -0.2) is 15.5 Å². The van der Waals surface area contributed by atoms with Crippen molar-refractivity contribution in [2.45, 2.75) is 44.9 Å². The Labute approximate surface area is 136 Å². The average molecular weight is 309 g/mol. The number of carbonyl (C=O) groups is 1. The smallest absolute Gasteiger partial charge is 0.224 e. The molecular formula is C19H23N3O. The van der Waals surface area contributed by atoms with E-state index in [0.29, 0.717) is 11.8 Å². The summed E-state index contributed by atoms with van der Waals surface area (Å²) in [6.07, 6.45) is 12.5. The van der Waals surface area contributed by atoms with Crippen molar-refractivity contribution in [3.63, 3.8) is 0 Å². The topological polar surface area (TPSA) is 46.4 Å². The minimum atomic E-state index is 0.191. The van der Waals surface area contributed by atoms with E-state index in [1.165, 1.54) is 38.5 Å². The summed E-state index contributed by atoms with van der Waals surface area (Å²) in [7, 11) is 0. The summed E-state index contributed by atoms with van der Waals surface area (Å²) in [4.78, 5) is 12.6. The number of pyridine rings is 1. The maximum Gasteiger partial charge on any atom is 0.224 e. The van der Waals surface area contributed by atoms with Crippen LogP contribution in [-0.2, 0) is 4.79 Å². The molecule has 2 aromatic heterocycles. The zero-order chi connectivity index (χ0) is 15.4. The lowest BCUT2D eigenvalue weighted by Crippen LogP contribution is -2.47. The standard InChI is InChI=1S/C19H23N3O/c23-18(21-16-2-4-22-17(8-16)1-3-20-22)12-19-9-13-5-14(10-19)7-15(6-13)11-19/h1-4,8,13-15H,5-7,9-12H2,(H,21,23). The number of anilines is 1. The molecule has 0 aromatic carbocycles. The lowest BCUT2D eigenvalue weighted by atomic mass is 9.49. The van der Waals surface area contributed by atoms with E-state index in [1.807, 2.05) is 28.9 Å². The van der Waals surface area contributed by atoms with Crippen molar-refractivity contribution in [1.82, 2.24) is 9.61 Å². The second-order valence-corrected chi connectivity index (χ2v) is 8.26. The van der Waals surface area contributed by atoms with Crippen molar-refractivity contribution in [2.75, 3.05) is 5.32 Å². The average Bonchev–Trinajstić information content (AvgIpc) is 2.92. The van der Waals surface area contributed by atoms with Gasteiger partial charge in [0.2, 0.25) is 5.91 Å². The van der Waals surface area contributed by atoms with E-state index < -0.39 is 0 Å². The number of aromatic nitrogens is 2. The van der Waals surface area contributed by atoms with E-state index in [2.05, 4.69) is 10.4 Å². The van der Waals surface area contributed by atoms with Gasteiger partial charge in [0.25, 0.3) is 0 Å². The van der Waals surface area contributed by atoms with Crippen LogP contribution in [0.4, 0.5) is 5.69 Å². The van der Waals surface area contributed by atoms with Gasteiger partial charge in [0.1, 0.15) is 0 Å². The molecular weight excluding hydrogens is 286 g/mol. The SMILES string of the molecule is O=C(CC12CC3CC(CC(C3)C1)C2)Nc1ccn2nccc2c1. The van der Waals surface area contributed by atoms with Crippen LogP contribution in [0.2, 0.25) is 0 Å². The predicted octanol–water partition coefficient (Wildman–Crippen LogP) is 3.88. The van der Waals surface area contributed by atoms with Gasteiger partial charge < -0.3 is 5.32 Å². The van der Waals surface area contributed by atoms with Gasteiger partial charge in [-0.15, -0.1) is 0 Å². The van der Waals surface area contributed by atoms with Crippen molar-refractivity contribution >= 4 is 17.1 Å². The molecule has 0 radical (unpaired) electrons. The first-order valence-electron chi connectivity index (χ1n) is 8.91. The van der Waals surface area contributed by atoms with Crippen LogP contribution in [0, 0.1) is 23.2 Å². The van der Waals surface area contributed by atoms with E-state index in [-0.39, 0.29) is 5.91 Å². The van der Waals surface area contributed by atoms with E-state index >= 15 is 0 Å². The fourth-order valence-electron chi connectivity index (χ4n) is 6.05. The molecule has 2 heterocycles. The van der Waals surface area contributed by atoms with Crippen molar-refractivity contribution in [2.24, 2.45) is 23.2 Å². The van der Waals surface area contributed by atoms with Gasteiger partial charge in [0, 0.05) is 24.5 Å². The van der Waals surface area contributed by atoms with E-state index in [4.69, 9.17) is 0 Å². The zero-order valence-corrected chi connectivity index (χ0v) is 13.4. The van der Waals surface area contributed by atoms with Crippen LogP contribution in [0.3, 0.4) is 0 Å². The molecule has 1 amide bonds. The van der Waals surface area contributed by atoms with Gasteiger partial charge in [-0.05, 0) is 79.9 Å². The van der Waals surface area contributed by atoms with Crippen molar-refractivity contribution in [1.29, 1.82) is 0 Å². The molecule has 0 saturated heterocycles. The normalized spacial score (nSPS) is 34.9. The number of fused-ring (bicyclic) bond motifs is 1. The van der Waals surface area contributed by atoms with Gasteiger partial charge in [-0.1, -0.05) is 0 Å². The number of hydrogen-bond donors (Lipinski definition) is 1. The fourth-order valence-corrected chi connectivity index (χ4v) is 6.05. The zero-order valence-electron chi connectivity index (χ0n) is 13.4. The third-order valence-electron chi connectivity index (χ3n) is 6.38. The molecule has 0 atom stereocenters. The van der Waals surface area contributed by atoms with Gasteiger partial charge in [-0.2, -0.15) is 5.10 Å². The lowest BCUT2D eigenvalue weighted by Gasteiger charge is -2.56. The van der Waals surface area contributed by atoms with Crippen LogP contribution in [0.15, 0.2) is 30.6 Å². The molecule has 4 fully saturated rings. The highest BCUT2D eigenvalue weighted by molar-refractivity contribution is 5.91. The monoisotopic (exact) mass is 309 g/mol. The summed E-state index contributed by atoms with van der Waals surface area (Å²) in [5.74, 6) is 2.89. The Hall–Kier alpha value is -1.84. The Morgan fingerprint density at radius 3 is 2.57 bits per heavy atom. The van der Waals surface area contributed by atoms with Crippen molar-refractivity contribution < 1.29 is 4.79 Å². The number of nitrogens with zero attached hydrogens (tertiary/aromatic N) is 2. The molecule has 4 aliphatic carbocycles. The summed E-state index contributed by atoms with van der Waals surface area (Å²) in [5.41, 5.74) is 2.20. The molecule has 1 N–H and O–H groups in total. The Morgan fingerprint density at radius 1 is 1.17 bits per heavy atom. The first-order valence-corrected chi connectivity index (χ1v) is 8.91. The second-order valence-electron chi connectivity index (χ2n) is 8.26. The van der Waals surface area contributed by atoms with Crippen LogP contribution >= 0.6 is 0 Å². The minimum absolute atomic E-state index is 0.191. The minimum Gasteiger partial charge on any atom is -0.326 e. The molecule has 23 heavy (non-hydrogen) atoms. The van der Waals surface area contributed by atoms with Crippen LogP contribution < -0.4 is 5.32 Å². The highest BCUT2D eigenvalue weighted by atomic mass is 16.1. The van der Waals surface area contributed by atoms with Crippen molar-refractivity contribution in [3.05, 3.63) is 30.6 Å². The Bertz CT molecular complexity index is 728. The molecule has 4 heteroatoms. The van der Waals surface area contributed by atoms with Gasteiger partial charge in [-0.3, -0.25) is 4.79 Å². The first kappa shape index (κ1) is 13.6. The third kappa shape index (κ3) is 2.35. The Balaban J connectivity index is 1.31. The van der Waals surface area contributed by atoms with Gasteiger partial charge in [0.05, 0.1) is 5.52 Å². The number of carbonyl (C=O) groups excluding carboxylic acids is 1. The molecule has 120 valence electrons. The molecule has 0 unspecified atom stereocenters. The molecule has 4 nitrogen and oxygen atoms in total. The van der Waals surface area contributed by atoms with Crippen LogP contribution in [0.5, 0.6) is 0 Å².